The van der Waals surface area contributed by atoms with E-state index in [4.69, 9.17) is 30.5 Å². The van der Waals surface area contributed by atoms with Crippen LogP contribution in [0.1, 0.15) is 15.9 Å². The molecule has 0 bridgehead atoms. The predicted octanol–water partition coefficient (Wildman–Crippen LogP) is 3.30. The van der Waals surface area contributed by atoms with Crippen LogP contribution >= 0.6 is 11.6 Å². The van der Waals surface area contributed by atoms with Crippen molar-refractivity contribution in [2.75, 3.05) is 28.4 Å². The van der Waals surface area contributed by atoms with Gasteiger partial charge < -0.3 is 24.3 Å². The maximum absolute atomic E-state index is 12.5. The molecule has 2 rings (SSSR count). The second-order valence-electron chi connectivity index (χ2n) is 5.05. The molecule has 0 aliphatic carbocycles. The summed E-state index contributed by atoms with van der Waals surface area (Å²) in [6.07, 6.45) is 0. The Morgan fingerprint density at radius 2 is 1.56 bits per heavy atom. The van der Waals surface area contributed by atoms with E-state index >= 15 is 0 Å². The van der Waals surface area contributed by atoms with Crippen LogP contribution in [0.4, 0.5) is 0 Å². The number of nitrogens with one attached hydrogen (secondary N) is 1. The molecule has 0 unspecified atom stereocenters. The molecule has 1 N–H and O–H groups in total. The lowest BCUT2D eigenvalue weighted by Gasteiger charge is -2.13. The first kappa shape index (κ1) is 18.7. The molecule has 7 heteroatoms. The van der Waals surface area contributed by atoms with Crippen LogP contribution in [0.3, 0.4) is 0 Å². The maximum atomic E-state index is 12.5. The van der Waals surface area contributed by atoms with Crippen LogP contribution in [0.2, 0.25) is 5.02 Å². The van der Waals surface area contributed by atoms with E-state index in [2.05, 4.69) is 5.32 Å². The molecule has 6 nitrogen and oxygen atoms in total. The summed E-state index contributed by atoms with van der Waals surface area (Å²) in [5.74, 6) is 1.81. The second kappa shape index (κ2) is 8.48. The number of benzene rings is 2. The molecule has 0 aliphatic rings. The molecule has 25 heavy (non-hydrogen) atoms. The molecule has 0 saturated heterocycles. The predicted molar refractivity (Wildman–Crippen MR) is 95.3 cm³/mol. The third-order valence-corrected chi connectivity index (χ3v) is 4.00. The van der Waals surface area contributed by atoms with E-state index in [1.807, 2.05) is 0 Å². The minimum atomic E-state index is -0.287. The van der Waals surface area contributed by atoms with Gasteiger partial charge in [0.2, 0.25) is 0 Å². The van der Waals surface area contributed by atoms with Crippen molar-refractivity contribution in [2.24, 2.45) is 0 Å². The van der Waals surface area contributed by atoms with Gasteiger partial charge in [0.05, 0.1) is 34.0 Å². The number of carbonyl (C=O) groups excluding carboxylic acids is 1. The van der Waals surface area contributed by atoms with Gasteiger partial charge in [0, 0.05) is 23.7 Å². The molecule has 2 aromatic rings. The molecular formula is C18H20ClNO5. The Kier molecular flexibility index (Phi) is 6.36. The average molecular weight is 366 g/mol. The second-order valence-corrected chi connectivity index (χ2v) is 5.45. The van der Waals surface area contributed by atoms with Gasteiger partial charge in [-0.2, -0.15) is 0 Å². The fourth-order valence-electron chi connectivity index (χ4n) is 2.29. The Labute approximate surface area is 151 Å². The van der Waals surface area contributed by atoms with Gasteiger partial charge in [-0.1, -0.05) is 11.6 Å². The van der Waals surface area contributed by atoms with E-state index in [9.17, 15) is 4.79 Å². The normalized spacial score (nSPS) is 10.1. The van der Waals surface area contributed by atoms with Crippen molar-refractivity contribution in [1.29, 1.82) is 0 Å². The van der Waals surface area contributed by atoms with Crippen molar-refractivity contribution in [2.45, 2.75) is 6.54 Å². The SMILES string of the molecule is COc1ccc(C(=O)NCc2cc(OC)c(OC)cc2Cl)c(OC)c1. The molecule has 0 heterocycles. The number of hydrogen-bond donors (Lipinski definition) is 1. The minimum Gasteiger partial charge on any atom is -0.497 e. The van der Waals surface area contributed by atoms with Gasteiger partial charge in [0.1, 0.15) is 11.5 Å². The average Bonchev–Trinajstić information content (AvgIpc) is 2.65. The minimum absolute atomic E-state index is 0.229. The maximum Gasteiger partial charge on any atom is 0.255 e. The van der Waals surface area contributed by atoms with Crippen LogP contribution in [0.25, 0.3) is 0 Å². The van der Waals surface area contributed by atoms with Crippen molar-refractivity contribution >= 4 is 17.5 Å². The van der Waals surface area contributed by atoms with Crippen LogP contribution < -0.4 is 24.3 Å². The van der Waals surface area contributed by atoms with Gasteiger partial charge in [-0.3, -0.25) is 4.79 Å². The van der Waals surface area contributed by atoms with Gasteiger partial charge in [-0.05, 0) is 23.8 Å². The summed E-state index contributed by atoms with van der Waals surface area (Å²) < 4.78 is 20.8. The standard InChI is InChI=1S/C18H20ClNO5/c1-22-12-5-6-13(15(8-12)23-2)18(21)20-10-11-7-16(24-3)17(25-4)9-14(11)19/h5-9H,10H2,1-4H3,(H,20,21). The molecule has 0 aliphatic heterocycles. The van der Waals surface area contributed by atoms with Crippen LogP contribution in [-0.4, -0.2) is 34.3 Å². The summed E-state index contributed by atoms with van der Waals surface area (Å²) in [7, 11) is 6.12. The molecule has 0 spiro atoms. The van der Waals surface area contributed by atoms with E-state index in [-0.39, 0.29) is 12.5 Å². The summed E-state index contributed by atoms with van der Waals surface area (Å²) in [5, 5.41) is 3.29. The Balaban J connectivity index is 2.17. The largest absolute Gasteiger partial charge is 0.497 e. The van der Waals surface area contributed by atoms with Crippen molar-refractivity contribution < 1.29 is 23.7 Å². The van der Waals surface area contributed by atoms with Gasteiger partial charge >= 0.3 is 0 Å². The van der Waals surface area contributed by atoms with E-state index in [0.717, 1.165) is 0 Å². The number of halogens is 1. The molecule has 0 fully saturated rings. The van der Waals surface area contributed by atoms with Gasteiger partial charge in [-0.15, -0.1) is 0 Å². The molecule has 0 saturated carbocycles. The molecule has 0 atom stereocenters. The highest BCUT2D eigenvalue weighted by atomic mass is 35.5. The highest BCUT2D eigenvalue weighted by Gasteiger charge is 2.15. The fourth-order valence-corrected chi connectivity index (χ4v) is 2.51. The number of amides is 1. The highest BCUT2D eigenvalue weighted by molar-refractivity contribution is 6.31. The van der Waals surface area contributed by atoms with Crippen molar-refractivity contribution in [1.82, 2.24) is 5.32 Å². The summed E-state index contributed by atoms with van der Waals surface area (Å²) in [5.41, 5.74) is 1.11. The zero-order chi connectivity index (χ0) is 18.4. The third kappa shape index (κ3) is 4.28. The number of hydrogen-bond acceptors (Lipinski definition) is 5. The van der Waals surface area contributed by atoms with E-state index in [1.165, 1.54) is 21.3 Å². The van der Waals surface area contributed by atoms with Crippen LogP contribution in [0.15, 0.2) is 30.3 Å². The number of carbonyl (C=O) groups is 1. The zero-order valence-corrected chi connectivity index (χ0v) is 15.3. The first-order chi connectivity index (χ1) is 12.0. The topological polar surface area (TPSA) is 66.0 Å². The number of methoxy groups -OCH3 is 4. The smallest absolute Gasteiger partial charge is 0.255 e. The van der Waals surface area contributed by atoms with E-state index in [0.29, 0.717) is 39.1 Å². The lowest BCUT2D eigenvalue weighted by Crippen LogP contribution is -2.23. The van der Waals surface area contributed by atoms with Gasteiger partial charge in [-0.25, -0.2) is 0 Å². The van der Waals surface area contributed by atoms with Crippen LogP contribution in [0, 0.1) is 0 Å². The van der Waals surface area contributed by atoms with Gasteiger partial charge in [0.15, 0.2) is 11.5 Å². The number of ether oxygens (including phenoxy) is 4. The first-order valence-corrected chi connectivity index (χ1v) is 7.82. The van der Waals surface area contributed by atoms with Gasteiger partial charge in [0.25, 0.3) is 5.91 Å². The molecule has 1 amide bonds. The van der Waals surface area contributed by atoms with Crippen LogP contribution in [-0.2, 0) is 6.54 Å². The zero-order valence-electron chi connectivity index (χ0n) is 14.5. The lowest BCUT2D eigenvalue weighted by molar-refractivity contribution is 0.0948. The summed E-state index contributed by atoms with van der Waals surface area (Å²) in [4.78, 5) is 12.5. The molecule has 0 aromatic heterocycles. The molecule has 0 radical (unpaired) electrons. The summed E-state index contributed by atoms with van der Waals surface area (Å²) >= 11 is 6.24. The lowest BCUT2D eigenvalue weighted by atomic mass is 10.1. The number of rotatable bonds is 7. The van der Waals surface area contributed by atoms with E-state index < -0.39 is 0 Å². The quantitative estimate of drug-likeness (QED) is 0.815. The van der Waals surface area contributed by atoms with Crippen molar-refractivity contribution in [3.8, 4) is 23.0 Å². The Morgan fingerprint density at radius 3 is 2.16 bits per heavy atom. The highest BCUT2D eigenvalue weighted by Crippen LogP contribution is 2.33. The van der Waals surface area contributed by atoms with Crippen molar-refractivity contribution in [3.63, 3.8) is 0 Å². The third-order valence-electron chi connectivity index (χ3n) is 3.65. The first-order valence-electron chi connectivity index (χ1n) is 7.44. The molecule has 134 valence electrons. The summed E-state index contributed by atoms with van der Waals surface area (Å²) in [6, 6.07) is 8.37. The monoisotopic (exact) mass is 365 g/mol. The Hall–Kier alpha value is -2.60. The summed E-state index contributed by atoms with van der Waals surface area (Å²) in [6.45, 7) is 0.229. The molecule has 2 aromatic carbocycles. The fraction of sp³-hybridized carbons (Fsp3) is 0.278. The van der Waals surface area contributed by atoms with Crippen molar-refractivity contribution in [3.05, 3.63) is 46.5 Å². The van der Waals surface area contributed by atoms with Crippen LogP contribution in [0.5, 0.6) is 23.0 Å². The molecular weight excluding hydrogens is 346 g/mol. The Morgan fingerprint density at radius 1 is 0.920 bits per heavy atom. The Bertz CT molecular complexity index is 763. The van der Waals surface area contributed by atoms with E-state index in [1.54, 1.807) is 37.4 Å².